The number of hydrogen-bond donors (Lipinski definition) is 5. The number of aliphatic carboxylic acids is 1. The first-order chi connectivity index (χ1) is 34.7. The Labute approximate surface area is 456 Å². The van der Waals surface area contributed by atoms with Gasteiger partial charge in [-0.15, -0.1) is 11.3 Å². The molecule has 0 aliphatic carbocycles. The van der Waals surface area contributed by atoms with Gasteiger partial charge in [0, 0.05) is 44.4 Å². The lowest BCUT2D eigenvalue weighted by Gasteiger charge is -2.39. The number of likely N-dealkylation sites (tertiary alicyclic amines) is 1. The third kappa shape index (κ3) is 17.8. The number of nitrogens with one attached hydrogen (secondary N) is 2. The van der Waals surface area contributed by atoms with E-state index in [1.807, 2.05) is 85.7 Å². The molecule has 3 aromatic rings. The SMILES string of the molecule is CCC(C)C(NC(=O)C1CCCCN1C(=O)CCOC(C)(C)CCOC(C)(C)Cn1c(O)c(Br)c(Br)c1O)C(=O)N(C)C(CC(OC(C)=O)c1nc(C(=O)NC(Cc2ccccc2)CC(C)C(=O)O)cs1)C(C)C. The van der Waals surface area contributed by atoms with Gasteiger partial charge in [0.25, 0.3) is 5.91 Å². The molecule has 4 amide bonds. The Morgan fingerprint density at radius 3 is 2.15 bits per heavy atom. The van der Waals surface area contributed by atoms with E-state index in [-0.39, 0.29) is 73.5 Å². The summed E-state index contributed by atoms with van der Waals surface area (Å²) in [5.41, 5.74) is -0.418. The van der Waals surface area contributed by atoms with Gasteiger partial charge in [0.1, 0.15) is 22.8 Å². The van der Waals surface area contributed by atoms with Crippen molar-refractivity contribution in [3.05, 3.63) is 60.9 Å². The number of piperidine rings is 1. The van der Waals surface area contributed by atoms with Crippen molar-refractivity contribution in [1.82, 2.24) is 30.0 Å². The van der Waals surface area contributed by atoms with Crippen LogP contribution < -0.4 is 10.6 Å². The van der Waals surface area contributed by atoms with Crippen LogP contribution in [0.25, 0.3) is 0 Å². The van der Waals surface area contributed by atoms with Gasteiger partial charge >= 0.3 is 11.9 Å². The number of amides is 4. The zero-order valence-electron chi connectivity index (χ0n) is 44.7. The summed E-state index contributed by atoms with van der Waals surface area (Å²) in [6.45, 7) is 19.0. The van der Waals surface area contributed by atoms with Crippen molar-refractivity contribution in [1.29, 1.82) is 0 Å². The van der Waals surface area contributed by atoms with Gasteiger partial charge in [0.05, 0.1) is 52.2 Å². The molecule has 5 N–H and O–H groups in total. The molecule has 18 nitrogen and oxygen atoms in total. The maximum atomic E-state index is 14.7. The van der Waals surface area contributed by atoms with Gasteiger partial charge in [-0.3, -0.25) is 33.3 Å². The number of rotatable bonds is 28. The summed E-state index contributed by atoms with van der Waals surface area (Å²) in [5, 5.41) is 38.4. The molecule has 0 saturated carbocycles. The highest BCUT2D eigenvalue weighted by molar-refractivity contribution is 9.13. The summed E-state index contributed by atoms with van der Waals surface area (Å²) >= 11 is 7.64. The van der Waals surface area contributed by atoms with E-state index in [2.05, 4.69) is 47.5 Å². The summed E-state index contributed by atoms with van der Waals surface area (Å²) in [6, 6.07) is 6.71. The number of aromatic hydroxyl groups is 2. The minimum atomic E-state index is -0.971. The van der Waals surface area contributed by atoms with E-state index < -0.39 is 71.1 Å². The number of carbonyl (C=O) groups is 6. The molecule has 21 heteroatoms. The van der Waals surface area contributed by atoms with Gasteiger partial charge < -0.3 is 50.0 Å². The first-order valence-electron chi connectivity index (χ1n) is 25.5. The number of ether oxygens (including phenoxy) is 3. The Morgan fingerprint density at radius 2 is 1.55 bits per heavy atom. The maximum absolute atomic E-state index is 14.7. The third-order valence-corrected chi connectivity index (χ3v) is 16.6. The van der Waals surface area contributed by atoms with Crippen LogP contribution in [0.3, 0.4) is 0 Å². The summed E-state index contributed by atoms with van der Waals surface area (Å²) in [6.07, 6.45) is 2.79. The molecule has 4 rings (SSSR count). The van der Waals surface area contributed by atoms with Crippen LogP contribution in [-0.2, 0) is 51.1 Å². The van der Waals surface area contributed by atoms with E-state index in [0.29, 0.717) is 52.8 Å². The number of carbonyl (C=O) groups excluding carboxylic acids is 5. The van der Waals surface area contributed by atoms with Gasteiger partial charge in [-0.1, -0.05) is 71.4 Å². The first-order valence-corrected chi connectivity index (χ1v) is 27.9. The molecule has 1 saturated heterocycles. The van der Waals surface area contributed by atoms with Crippen LogP contribution in [0.1, 0.15) is 148 Å². The number of halogens is 2. The molecule has 74 heavy (non-hydrogen) atoms. The van der Waals surface area contributed by atoms with Crippen molar-refractivity contribution in [2.75, 3.05) is 26.8 Å². The molecule has 7 unspecified atom stereocenters. The Bertz CT molecular complexity index is 2350. The lowest BCUT2D eigenvalue weighted by Crippen LogP contribution is -2.59. The lowest BCUT2D eigenvalue weighted by molar-refractivity contribution is -0.149. The maximum Gasteiger partial charge on any atom is 0.306 e. The van der Waals surface area contributed by atoms with Crippen LogP contribution in [0.4, 0.5) is 0 Å². The first kappa shape index (κ1) is 62.0. The number of carboxylic acid groups (broad SMARTS) is 1. The number of hydrogen-bond acceptors (Lipinski definition) is 13. The second-order valence-electron chi connectivity index (χ2n) is 21.0. The molecule has 1 aromatic carbocycles. The van der Waals surface area contributed by atoms with Crippen molar-refractivity contribution in [2.24, 2.45) is 17.8 Å². The average Bonchev–Trinajstić information content (AvgIpc) is 3.90. The largest absolute Gasteiger partial charge is 0.494 e. The lowest BCUT2D eigenvalue weighted by atomic mass is 9.92. The van der Waals surface area contributed by atoms with Crippen LogP contribution in [0, 0.1) is 17.8 Å². The molecule has 3 heterocycles. The number of aromatic nitrogens is 2. The second-order valence-corrected chi connectivity index (χ2v) is 23.5. The predicted octanol–water partition coefficient (Wildman–Crippen LogP) is 8.79. The van der Waals surface area contributed by atoms with Crippen molar-refractivity contribution in [2.45, 2.75) is 175 Å². The molecule has 0 bridgehead atoms. The minimum Gasteiger partial charge on any atom is -0.494 e. The van der Waals surface area contributed by atoms with Gasteiger partial charge in [-0.2, -0.15) is 0 Å². The molecule has 2 aromatic heterocycles. The fourth-order valence-corrected chi connectivity index (χ4v) is 10.7. The Hall–Kier alpha value is -4.57. The van der Waals surface area contributed by atoms with E-state index >= 15 is 0 Å². The zero-order valence-corrected chi connectivity index (χ0v) is 48.7. The number of likely N-dealkylation sites (N-methyl/N-ethyl adjacent to an activating group) is 1. The van der Waals surface area contributed by atoms with E-state index in [4.69, 9.17) is 14.2 Å². The van der Waals surface area contributed by atoms with Crippen LogP contribution in [0.2, 0.25) is 0 Å². The minimum absolute atomic E-state index is 0.0393. The van der Waals surface area contributed by atoms with Crippen LogP contribution in [-0.4, -0.2) is 132 Å². The number of nitrogens with zero attached hydrogens (tertiary/aromatic N) is 4. The molecular weight excluding hydrogens is 1100 g/mol. The summed E-state index contributed by atoms with van der Waals surface area (Å²) in [4.78, 5) is 88.5. The number of thiazole rings is 1. The molecule has 1 aliphatic heterocycles. The molecule has 1 aliphatic rings. The monoisotopic (exact) mass is 1180 g/mol. The van der Waals surface area contributed by atoms with Crippen molar-refractivity contribution in [3.63, 3.8) is 0 Å². The molecule has 1 fully saturated rings. The van der Waals surface area contributed by atoms with Gasteiger partial charge in [-0.05, 0) is 115 Å². The highest BCUT2D eigenvalue weighted by Crippen LogP contribution is 2.43. The smallest absolute Gasteiger partial charge is 0.306 e. The van der Waals surface area contributed by atoms with E-state index in [1.54, 1.807) is 29.2 Å². The normalized spacial score (nSPS) is 16.7. The molecule has 0 radical (unpaired) electrons. The molecular formula is C53H78Br2N6O12S. The Balaban J connectivity index is 1.40. The molecule has 412 valence electrons. The average molecular weight is 1180 g/mol. The van der Waals surface area contributed by atoms with Crippen molar-refractivity contribution in [3.8, 4) is 11.8 Å². The number of carboxylic acids is 1. The fourth-order valence-electron chi connectivity index (χ4n) is 9.05. The van der Waals surface area contributed by atoms with Gasteiger partial charge in [0.15, 0.2) is 6.10 Å². The van der Waals surface area contributed by atoms with Gasteiger partial charge in [-0.25, -0.2) is 4.98 Å². The van der Waals surface area contributed by atoms with Crippen molar-refractivity contribution >= 4 is 78.8 Å². The Kier molecular flexibility index (Phi) is 23.4. The number of esters is 1. The zero-order chi connectivity index (χ0) is 55.2. The fraction of sp³-hybridized carbons (Fsp3) is 0.642. The van der Waals surface area contributed by atoms with Crippen LogP contribution in [0.15, 0.2) is 44.7 Å². The highest BCUT2D eigenvalue weighted by Gasteiger charge is 2.39. The third-order valence-electron chi connectivity index (χ3n) is 13.7. The second kappa shape index (κ2) is 28.0. The summed E-state index contributed by atoms with van der Waals surface area (Å²) in [7, 11) is 1.66. The van der Waals surface area contributed by atoms with E-state index in [1.165, 1.54) is 11.5 Å². The van der Waals surface area contributed by atoms with Crippen LogP contribution >= 0.6 is 43.2 Å². The predicted molar refractivity (Wildman–Crippen MR) is 289 cm³/mol. The van der Waals surface area contributed by atoms with Gasteiger partial charge in [0.2, 0.25) is 29.5 Å². The Morgan fingerprint density at radius 1 is 0.919 bits per heavy atom. The van der Waals surface area contributed by atoms with Crippen LogP contribution in [0.5, 0.6) is 11.8 Å². The molecule has 0 spiro atoms. The van der Waals surface area contributed by atoms with E-state index in [9.17, 15) is 44.1 Å². The standard InChI is InChI=1S/C53H78Br2N6O12S/c1-12-32(4)44(58-46(65)38-20-16-17-23-60(38)41(63)21-24-71-52(7,8)22-25-72-53(9,10)30-61-48(66)42(54)43(55)49(61)67)50(68)59(11)39(31(2)3)28-40(73-34(6)62)47-57-37(29-74-47)45(64)56-36(26-33(5)51(69)70)27-35-18-14-13-15-19-35/h13-15,18-19,29,31-33,36,38-40,44,66-67H,12,16-17,20-28,30H2,1-11H3,(H,56,64)(H,58,65)(H,69,70). The molecule has 7 atom stereocenters. The van der Waals surface area contributed by atoms with E-state index in [0.717, 1.165) is 29.7 Å². The number of benzene rings is 1. The van der Waals surface area contributed by atoms with Crippen molar-refractivity contribution < 1.29 is 58.3 Å². The quantitative estimate of drug-likeness (QED) is 0.0428. The topological polar surface area (TPSA) is 239 Å². The summed E-state index contributed by atoms with van der Waals surface area (Å²) in [5.74, 6) is -4.45. The highest BCUT2D eigenvalue weighted by atomic mass is 79.9. The summed E-state index contributed by atoms with van der Waals surface area (Å²) < 4.78 is 20.2.